The maximum atomic E-state index is 13.6. The van der Waals surface area contributed by atoms with Gasteiger partial charge < -0.3 is 5.11 Å². The average molecular weight is 496 g/mol. The van der Waals surface area contributed by atoms with Crippen molar-refractivity contribution in [3.05, 3.63) is 0 Å². The second-order valence-electron chi connectivity index (χ2n) is 4.90. The summed E-state index contributed by atoms with van der Waals surface area (Å²) in [4.78, 5) is 13.6. The SMILES string of the molecule is O=C(O)OOC(C(F)(F)F)(C(F)(F)F)C(F)(F)C(F)(F)C(F)(F)C(F)(F)C(F)(F)F. The lowest BCUT2D eigenvalue weighted by atomic mass is 9.84. The molecule has 1 N–H and O–H groups in total. The Bertz CT molecular complexity index is 627. The summed E-state index contributed by atoms with van der Waals surface area (Å²) >= 11 is 0. The molecule has 180 valence electrons. The van der Waals surface area contributed by atoms with Crippen molar-refractivity contribution in [3.63, 3.8) is 0 Å². The van der Waals surface area contributed by atoms with Gasteiger partial charge in [0.25, 0.3) is 0 Å². The van der Waals surface area contributed by atoms with Gasteiger partial charge in [-0.25, -0.2) is 4.79 Å². The molecule has 30 heavy (non-hydrogen) atoms. The minimum absolute atomic E-state index is 1.73. The molecule has 0 rings (SSSR count). The molecule has 0 unspecified atom stereocenters. The largest absolute Gasteiger partial charge is 0.537 e. The van der Waals surface area contributed by atoms with Crippen LogP contribution in [0.5, 0.6) is 0 Å². The zero-order valence-electron chi connectivity index (χ0n) is 12.6. The molecule has 0 aromatic carbocycles. The lowest BCUT2D eigenvalue weighted by Gasteiger charge is -2.45. The van der Waals surface area contributed by atoms with Crippen LogP contribution in [0.4, 0.5) is 79.4 Å². The summed E-state index contributed by atoms with van der Waals surface area (Å²) in [6.07, 6.45) is -27.7. The Kier molecular flexibility index (Phi) is 6.58. The number of carboxylic acid groups (broad SMARTS) is 1. The Balaban J connectivity index is 7.22. The normalized spacial score (nSPS) is 15.9. The third-order valence-electron chi connectivity index (χ3n) is 3.02. The van der Waals surface area contributed by atoms with Crippen LogP contribution in [0.25, 0.3) is 0 Å². The lowest BCUT2D eigenvalue weighted by molar-refractivity contribution is -0.536. The maximum absolute atomic E-state index is 13.6. The Morgan fingerprint density at radius 2 is 0.800 bits per heavy atom. The third kappa shape index (κ3) is 3.63. The predicted molar refractivity (Wildman–Crippen MR) is 50.9 cm³/mol. The van der Waals surface area contributed by atoms with Crippen molar-refractivity contribution in [2.75, 3.05) is 0 Å². The number of halogens is 17. The molecule has 0 bridgehead atoms. The van der Waals surface area contributed by atoms with Crippen molar-refractivity contribution in [2.24, 2.45) is 0 Å². The highest BCUT2D eigenvalue weighted by molar-refractivity contribution is 5.55. The summed E-state index contributed by atoms with van der Waals surface area (Å²) in [7, 11) is 0. The van der Waals surface area contributed by atoms with Crippen LogP contribution in [0.3, 0.4) is 0 Å². The van der Waals surface area contributed by atoms with Gasteiger partial charge in [-0.15, -0.1) is 4.89 Å². The zero-order chi connectivity index (χ0) is 25.0. The van der Waals surface area contributed by atoms with E-state index in [1.165, 1.54) is 0 Å². The molecule has 0 spiro atoms. The van der Waals surface area contributed by atoms with Gasteiger partial charge in [0.1, 0.15) is 0 Å². The summed E-state index contributed by atoms with van der Waals surface area (Å²) in [5.41, 5.74) is -8.18. The van der Waals surface area contributed by atoms with E-state index in [0.29, 0.717) is 0 Å². The van der Waals surface area contributed by atoms with Crippen molar-refractivity contribution in [1.29, 1.82) is 0 Å². The van der Waals surface area contributed by atoms with E-state index < -0.39 is 54.0 Å². The first-order valence-electron chi connectivity index (χ1n) is 5.97. The summed E-state index contributed by atoms with van der Waals surface area (Å²) in [6.45, 7) is 0. The van der Waals surface area contributed by atoms with Gasteiger partial charge in [-0.1, -0.05) is 0 Å². The average Bonchev–Trinajstić information content (AvgIpc) is 2.42. The molecule has 0 saturated heterocycles. The highest BCUT2D eigenvalue weighted by atomic mass is 19.4. The van der Waals surface area contributed by atoms with E-state index in [1.807, 2.05) is 4.89 Å². The Morgan fingerprint density at radius 3 is 1.03 bits per heavy atom. The number of alkyl halides is 17. The van der Waals surface area contributed by atoms with Gasteiger partial charge in [0.05, 0.1) is 0 Å². The second kappa shape index (κ2) is 7.04. The minimum Gasteiger partial charge on any atom is -0.448 e. The van der Waals surface area contributed by atoms with Crippen LogP contribution in [-0.4, -0.2) is 59.1 Å². The summed E-state index contributed by atoms with van der Waals surface area (Å²) in [6, 6.07) is 0. The van der Waals surface area contributed by atoms with Gasteiger partial charge in [0.15, 0.2) is 0 Å². The van der Waals surface area contributed by atoms with Gasteiger partial charge in [-0.05, 0) is 0 Å². The molecule has 0 aromatic rings. The van der Waals surface area contributed by atoms with E-state index in [4.69, 9.17) is 5.11 Å². The quantitative estimate of drug-likeness (QED) is 0.297. The molecule has 0 aromatic heterocycles. The molecule has 4 nitrogen and oxygen atoms in total. The second-order valence-corrected chi connectivity index (χ2v) is 4.90. The van der Waals surface area contributed by atoms with Crippen LogP contribution >= 0.6 is 0 Å². The van der Waals surface area contributed by atoms with E-state index in [1.54, 1.807) is 4.89 Å². The van der Waals surface area contributed by atoms with Gasteiger partial charge in [0, 0.05) is 0 Å². The molecule has 0 radical (unpaired) electrons. The first-order chi connectivity index (χ1) is 12.7. The first-order valence-corrected chi connectivity index (χ1v) is 5.97. The number of carbonyl (C=O) groups is 1. The highest BCUT2D eigenvalue weighted by Crippen LogP contribution is 2.65. The van der Waals surface area contributed by atoms with Crippen molar-refractivity contribution in [1.82, 2.24) is 0 Å². The van der Waals surface area contributed by atoms with Crippen LogP contribution in [-0.2, 0) is 9.78 Å². The molecule has 0 heterocycles. The standard InChI is InChI=1S/C9HF17O4/c10-3(11,4(12,13)5(14,15)6(16,17)9(24,25)26)2(7(18,19)20,8(21,22)23)30-29-1(27)28/h(H,27,28). The van der Waals surface area contributed by atoms with Crippen molar-refractivity contribution in [2.45, 2.75) is 47.8 Å². The van der Waals surface area contributed by atoms with E-state index in [9.17, 15) is 79.4 Å². The molecular weight excluding hydrogens is 495 g/mol. The molecule has 21 heteroatoms. The zero-order valence-corrected chi connectivity index (χ0v) is 12.6. The van der Waals surface area contributed by atoms with Crippen molar-refractivity contribution in [3.8, 4) is 0 Å². The molecule has 0 aliphatic carbocycles. The fraction of sp³-hybridized carbons (Fsp3) is 0.889. The number of hydrogen-bond acceptors (Lipinski definition) is 3. The molecule has 0 aliphatic heterocycles. The highest BCUT2D eigenvalue weighted by Gasteiger charge is 2.98. The lowest BCUT2D eigenvalue weighted by Crippen LogP contribution is -2.79. The van der Waals surface area contributed by atoms with Gasteiger partial charge in [-0.3, -0.25) is 4.89 Å². The Labute approximate surface area is 150 Å². The van der Waals surface area contributed by atoms with Crippen LogP contribution in [0.2, 0.25) is 0 Å². The van der Waals surface area contributed by atoms with E-state index in [0.717, 1.165) is 0 Å². The number of rotatable bonds is 6. The predicted octanol–water partition coefficient (Wildman–Crippen LogP) is 5.58. The third-order valence-corrected chi connectivity index (χ3v) is 3.02. The van der Waals surface area contributed by atoms with Gasteiger partial charge in [-0.2, -0.15) is 74.6 Å². The van der Waals surface area contributed by atoms with Crippen LogP contribution < -0.4 is 0 Å². The molecule has 0 aliphatic rings. The van der Waals surface area contributed by atoms with E-state index >= 15 is 0 Å². The van der Waals surface area contributed by atoms with Gasteiger partial charge in [0.2, 0.25) is 0 Å². The molecule has 0 atom stereocenters. The fourth-order valence-electron chi connectivity index (χ4n) is 1.56. The van der Waals surface area contributed by atoms with Crippen molar-refractivity contribution < 1.29 is 94.3 Å². The topological polar surface area (TPSA) is 55.8 Å². The molecule has 0 amide bonds. The molecule has 0 saturated carbocycles. The van der Waals surface area contributed by atoms with Crippen LogP contribution in [0.15, 0.2) is 0 Å². The maximum Gasteiger partial charge on any atom is 0.537 e. The Hall–Kier alpha value is -1.96. The van der Waals surface area contributed by atoms with Crippen molar-refractivity contribution >= 4 is 6.16 Å². The monoisotopic (exact) mass is 496 g/mol. The minimum atomic E-state index is -8.86. The molecule has 0 fully saturated rings. The fourth-order valence-corrected chi connectivity index (χ4v) is 1.56. The van der Waals surface area contributed by atoms with Crippen LogP contribution in [0, 0.1) is 0 Å². The van der Waals surface area contributed by atoms with E-state index in [-0.39, 0.29) is 0 Å². The smallest absolute Gasteiger partial charge is 0.448 e. The number of hydrogen-bond donors (Lipinski definition) is 1. The summed E-state index contributed by atoms with van der Waals surface area (Å²) < 4.78 is 217. The summed E-state index contributed by atoms with van der Waals surface area (Å²) in [5, 5.41) is 7.74. The Morgan fingerprint density at radius 1 is 0.500 bits per heavy atom. The summed E-state index contributed by atoms with van der Waals surface area (Å²) in [5.74, 6) is -34.7. The molecular formula is C9HF17O4. The van der Waals surface area contributed by atoms with E-state index in [2.05, 4.69) is 0 Å². The van der Waals surface area contributed by atoms with Gasteiger partial charge >= 0.3 is 54.0 Å². The van der Waals surface area contributed by atoms with Crippen LogP contribution in [0.1, 0.15) is 0 Å². The first kappa shape index (κ1) is 28.0.